The van der Waals surface area contributed by atoms with Crippen molar-refractivity contribution in [1.29, 1.82) is 0 Å². The lowest BCUT2D eigenvalue weighted by Gasteiger charge is -2.11. The molecule has 10 heteroatoms. The molecular formula is C14H9F3N4O2S. The number of hydrogen-bond acceptors (Lipinski definition) is 5. The maximum Gasteiger partial charge on any atom is 0.417 e. The molecule has 2 heterocycles. The summed E-state index contributed by atoms with van der Waals surface area (Å²) in [7, 11) is 0. The Bertz CT molecular complexity index is 964. The summed E-state index contributed by atoms with van der Waals surface area (Å²) in [6.45, 7) is -0.545. The van der Waals surface area contributed by atoms with Crippen LogP contribution in [0.2, 0.25) is 0 Å². The lowest BCUT2D eigenvalue weighted by atomic mass is 10.2. The number of fused-ring (bicyclic) bond motifs is 1. The summed E-state index contributed by atoms with van der Waals surface area (Å²) in [5.41, 5.74) is -0.250. The summed E-state index contributed by atoms with van der Waals surface area (Å²) in [6, 6.07) is 6.43. The summed E-state index contributed by atoms with van der Waals surface area (Å²) in [6.07, 6.45) is -3.98. The molecule has 1 amide bonds. The van der Waals surface area contributed by atoms with Crippen molar-refractivity contribution < 1.29 is 18.0 Å². The second-order valence-corrected chi connectivity index (χ2v) is 5.40. The van der Waals surface area contributed by atoms with Crippen molar-refractivity contribution in [3.63, 3.8) is 0 Å². The smallest absolute Gasteiger partial charge is 0.323 e. The van der Waals surface area contributed by atoms with Crippen molar-refractivity contribution in [2.24, 2.45) is 0 Å². The number of carbonyl (C=O) groups excluding carboxylic acids is 1. The van der Waals surface area contributed by atoms with Crippen LogP contribution < -0.4 is 10.9 Å². The van der Waals surface area contributed by atoms with Gasteiger partial charge in [0.05, 0.1) is 23.0 Å². The molecule has 0 unspecified atom stereocenters. The van der Waals surface area contributed by atoms with Gasteiger partial charge in [0.15, 0.2) is 0 Å². The second kappa shape index (κ2) is 6.04. The van der Waals surface area contributed by atoms with Gasteiger partial charge in [0.1, 0.15) is 17.6 Å². The minimum absolute atomic E-state index is 0.381. The number of pyridine rings is 1. The number of nitrogens with one attached hydrogen (secondary N) is 1. The topological polar surface area (TPSA) is 76.9 Å². The van der Waals surface area contributed by atoms with Crippen molar-refractivity contribution in [3.8, 4) is 0 Å². The first-order chi connectivity index (χ1) is 11.3. The Kier molecular flexibility index (Phi) is 4.06. The lowest BCUT2D eigenvalue weighted by Crippen LogP contribution is -2.28. The largest absolute Gasteiger partial charge is 0.417 e. The average Bonchev–Trinajstić information content (AvgIpc) is 2.98. The molecule has 0 aliphatic rings. The van der Waals surface area contributed by atoms with Crippen molar-refractivity contribution in [1.82, 2.24) is 13.3 Å². The molecular weight excluding hydrogens is 345 g/mol. The van der Waals surface area contributed by atoms with Gasteiger partial charge in [0.2, 0.25) is 5.91 Å². The van der Waals surface area contributed by atoms with E-state index in [9.17, 15) is 22.8 Å². The summed E-state index contributed by atoms with van der Waals surface area (Å²) in [5, 5.41) is 2.53. The number of anilines is 1. The van der Waals surface area contributed by atoms with E-state index in [0.29, 0.717) is 33.6 Å². The number of aromatic nitrogens is 3. The van der Waals surface area contributed by atoms with Crippen LogP contribution in [0.25, 0.3) is 11.0 Å². The predicted molar refractivity (Wildman–Crippen MR) is 81.7 cm³/mol. The highest BCUT2D eigenvalue weighted by molar-refractivity contribution is 7.00. The van der Waals surface area contributed by atoms with Gasteiger partial charge in [0, 0.05) is 12.3 Å². The van der Waals surface area contributed by atoms with Crippen LogP contribution >= 0.6 is 11.7 Å². The van der Waals surface area contributed by atoms with Crippen molar-refractivity contribution in [3.05, 3.63) is 52.4 Å². The van der Waals surface area contributed by atoms with Crippen molar-refractivity contribution >= 4 is 34.4 Å². The Hall–Kier alpha value is -2.75. The van der Waals surface area contributed by atoms with Crippen LogP contribution in [-0.4, -0.2) is 19.2 Å². The third kappa shape index (κ3) is 3.27. The molecule has 0 spiro atoms. The van der Waals surface area contributed by atoms with Crippen LogP contribution in [0.5, 0.6) is 0 Å². The summed E-state index contributed by atoms with van der Waals surface area (Å²) in [5.74, 6) is -0.642. The first-order valence-electron chi connectivity index (χ1n) is 6.63. The lowest BCUT2D eigenvalue weighted by molar-refractivity contribution is -0.138. The summed E-state index contributed by atoms with van der Waals surface area (Å²) < 4.78 is 46.8. The van der Waals surface area contributed by atoms with E-state index in [2.05, 4.69) is 14.1 Å². The molecule has 3 aromatic rings. The van der Waals surface area contributed by atoms with Gasteiger partial charge in [-0.1, -0.05) is 6.07 Å². The molecule has 24 heavy (non-hydrogen) atoms. The maximum absolute atomic E-state index is 12.7. The van der Waals surface area contributed by atoms with Gasteiger partial charge < -0.3 is 9.88 Å². The Balaban J connectivity index is 1.83. The molecule has 3 rings (SSSR count). The van der Waals surface area contributed by atoms with E-state index in [-0.39, 0.29) is 0 Å². The quantitative estimate of drug-likeness (QED) is 0.784. The zero-order valence-electron chi connectivity index (χ0n) is 11.9. The zero-order chi connectivity index (χ0) is 17.3. The highest BCUT2D eigenvalue weighted by atomic mass is 32.1. The van der Waals surface area contributed by atoms with Crippen LogP contribution in [0.4, 0.5) is 18.9 Å². The number of benzene rings is 1. The van der Waals surface area contributed by atoms with Gasteiger partial charge in [-0.05, 0) is 18.2 Å². The minimum Gasteiger partial charge on any atom is -0.323 e. The van der Waals surface area contributed by atoms with Crippen molar-refractivity contribution in [2.75, 3.05) is 5.32 Å². The molecule has 0 bridgehead atoms. The first-order valence-corrected chi connectivity index (χ1v) is 7.36. The SMILES string of the molecule is O=C(Cn1cc(C(F)(F)F)ccc1=O)Nc1cccc2nsnc12. The highest BCUT2D eigenvalue weighted by Gasteiger charge is 2.31. The fraction of sp³-hybridized carbons (Fsp3) is 0.143. The Morgan fingerprint density at radius 1 is 1.21 bits per heavy atom. The van der Waals surface area contributed by atoms with E-state index >= 15 is 0 Å². The Labute approximate surface area is 136 Å². The molecule has 0 aliphatic carbocycles. The normalized spacial score (nSPS) is 11.6. The van der Waals surface area contributed by atoms with Gasteiger partial charge in [0.25, 0.3) is 5.56 Å². The molecule has 0 saturated heterocycles. The third-order valence-corrected chi connectivity index (χ3v) is 3.73. The molecule has 0 aliphatic heterocycles. The van der Waals surface area contributed by atoms with Crippen LogP contribution in [0.15, 0.2) is 41.3 Å². The monoisotopic (exact) mass is 354 g/mol. The Morgan fingerprint density at radius 3 is 2.75 bits per heavy atom. The minimum atomic E-state index is -4.59. The summed E-state index contributed by atoms with van der Waals surface area (Å²) in [4.78, 5) is 23.7. The standard InChI is InChI=1S/C14H9F3N4O2S/c15-14(16,17)8-4-5-12(23)21(6-8)7-11(22)18-9-2-1-3-10-13(9)20-24-19-10/h1-6H,7H2,(H,18,22). The zero-order valence-corrected chi connectivity index (χ0v) is 12.7. The molecule has 2 aromatic heterocycles. The molecule has 0 atom stereocenters. The van der Waals surface area contributed by atoms with Gasteiger partial charge >= 0.3 is 6.18 Å². The molecule has 0 radical (unpaired) electrons. The molecule has 6 nitrogen and oxygen atoms in total. The predicted octanol–water partition coefficient (Wildman–Crippen LogP) is 2.51. The second-order valence-electron chi connectivity index (χ2n) is 4.87. The fourth-order valence-corrected chi connectivity index (χ4v) is 2.62. The maximum atomic E-state index is 12.7. The van der Waals surface area contributed by atoms with Crippen LogP contribution in [0, 0.1) is 0 Å². The van der Waals surface area contributed by atoms with E-state index in [1.54, 1.807) is 18.2 Å². The number of nitrogens with zero attached hydrogens (tertiary/aromatic N) is 3. The highest BCUT2D eigenvalue weighted by Crippen LogP contribution is 2.28. The number of rotatable bonds is 3. The van der Waals surface area contributed by atoms with E-state index in [4.69, 9.17) is 0 Å². The number of hydrogen-bond donors (Lipinski definition) is 1. The van der Waals surface area contributed by atoms with Gasteiger partial charge in [-0.3, -0.25) is 9.59 Å². The number of halogens is 3. The molecule has 124 valence electrons. The number of carbonyl (C=O) groups is 1. The van der Waals surface area contributed by atoms with Gasteiger partial charge in [-0.15, -0.1) is 0 Å². The Morgan fingerprint density at radius 2 is 2.00 bits per heavy atom. The molecule has 0 saturated carbocycles. The number of amides is 1. The molecule has 1 N–H and O–H groups in total. The van der Waals surface area contributed by atoms with Gasteiger partial charge in [-0.2, -0.15) is 21.9 Å². The number of alkyl halides is 3. The molecule has 0 fully saturated rings. The van der Waals surface area contributed by atoms with E-state index < -0.39 is 29.8 Å². The van der Waals surface area contributed by atoms with Crippen LogP contribution in [0.1, 0.15) is 5.56 Å². The average molecular weight is 354 g/mol. The van der Waals surface area contributed by atoms with Crippen LogP contribution in [0.3, 0.4) is 0 Å². The van der Waals surface area contributed by atoms with Gasteiger partial charge in [-0.25, -0.2) is 0 Å². The van der Waals surface area contributed by atoms with E-state index in [0.717, 1.165) is 17.8 Å². The van der Waals surface area contributed by atoms with Crippen LogP contribution in [-0.2, 0) is 17.5 Å². The third-order valence-electron chi connectivity index (χ3n) is 3.18. The fourth-order valence-electron chi connectivity index (χ4n) is 2.07. The van der Waals surface area contributed by atoms with E-state index in [1.165, 1.54) is 0 Å². The molecule has 1 aromatic carbocycles. The van der Waals surface area contributed by atoms with Crippen molar-refractivity contribution in [2.45, 2.75) is 12.7 Å². The van der Waals surface area contributed by atoms with E-state index in [1.807, 2.05) is 0 Å². The summed E-state index contributed by atoms with van der Waals surface area (Å²) >= 11 is 0.974. The first kappa shape index (κ1) is 16.1.